The first-order valence-corrected chi connectivity index (χ1v) is 11.9. The van der Waals surface area contributed by atoms with Crippen LogP contribution in [0.2, 0.25) is 0 Å². The number of anilines is 1. The molecule has 4 aromatic carbocycles. The molecule has 4 nitrogen and oxygen atoms in total. The number of para-hydroxylation sites is 1. The lowest BCUT2D eigenvalue weighted by molar-refractivity contribution is -0.128. The highest BCUT2D eigenvalue weighted by Gasteiger charge is 2.68. The zero-order chi connectivity index (χ0) is 23.7. The summed E-state index contributed by atoms with van der Waals surface area (Å²) < 4.78 is 0. The highest BCUT2D eigenvalue weighted by atomic mass is 16.2. The van der Waals surface area contributed by atoms with Crippen LogP contribution < -0.4 is 4.90 Å². The molecule has 1 aliphatic heterocycles. The largest absolute Gasteiger partial charge is 0.302 e. The van der Waals surface area contributed by atoms with Gasteiger partial charge in [0.1, 0.15) is 6.29 Å². The Balaban J connectivity index is 1.48. The summed E-state index contributed by atoms with van der Waals surface area (Å²) in [6.07, 6.45) is 0.912. The molecule has 0 radical (unpaired) electrons. The van der Waals surface area contributed by atoms with E-state index in [0.29, 0.717) is 5.69 Å². The van der Waals surface area contributed by atoms with Gasteiger partial charge in [0.05, 0.1) is 22.9 Å². The minimum absolute atomic E-state index is 0.233. The zero-order valence-corrected chi connectivity index (χ0v) is 18.8. The molecular weight excluding hydrogens is 434 g/mol. The molecule has 4 heteroatoms. The van der Waals surface area contributed by atoms with E-state index >= 15 is 0 Å². The number of hydrogen-bond acceptors (Lipinski definition) is 3. The number of amides is 2. The summed E-state index contributed by atoms with van der Waals surface area (Å²) in [5.74, 6) is -2.19. The molecule has 8 rings (SSSR count). The number of hydrogen-bond donors (Lipinski definition) is 0. The Hall–Kier alpha value is -4.31. The van der Waals surface area contributed by atoms with Gasteiger partial charge in [-0.15, -0.1) is 0 Å². The van der Waals surface area contributed by atoms with Gasteiger partial charge < -0.3 is 4.79 Å². The van der Waals surface area contributed by atoms with Crippen molar-refractivity contribution in [2.75, 3.05) is 4.90 Å². The van der Waals surface area contributed by atoms with Crippen LogP contribution in [0.4, 0.5) is 5.69 Å². The fourth-order valence-electron chi connectivity index (χ4n) is 6.80. The van der Waals surface area contributed by atoms with E-state index in [1.165, 1.54) is 4.90 Å². The Morgan fingerprint density at radius 2 is 1.23 bits per heavy atom. The van der Waals surface area contributed by atoms with Crippen molar-refractivity contribution in [1.29, 1.82) is 0 Å². The van der Waals surface area contributed by atoms with Crippen LogP contribution in [0, 0.1) is 11.8 Å². The van der Waals surface area contributed by atoms with Crippen LogP contribution >= 0.6 is 0 Å². The molecule has 2 amide bonds. The van der Waals surface area contributed by atoms with Crippen LogP contribution in [0.5, 0.6) is 0 Å². The van der Waals surface area contributed by atoms with Crippen molar-refractivity contribution in [2.24, 2.45) is 11.8 Å². The normalized spacial score (nSPS) is 25.7. The smallest absolute Gasteiger partial charge is 0.239 e. The van der Waals surface area contributed by atoms with E-state index < -0.39 is 17.3 Å². The molecule has 35 heavy (non-hydrogen) atoms. The van der Waals surface area contributed by atoms with Crippen molar-refractivity contribution in [3.63, 3.8) is 0 Å². The van der Waals surface area contributed by atoms with Gasteiger partial charge in [0.2, 0.25) is 11.8 Å². The summed E-state index contributed by atoms with van der Waals surface area (Å²) in [6, 6.07) is 32.9. The molecule has 0 N–H and O–H groups in total. The van der Waals surface area contributed by atoms with E-state index in [9.17, 15) is 14.4 Å². The van der Waals surface area contributed by atoms with E-state index in [4.69, 9.17) is 0 Å². The number of imide groups is 1. The van der Waals surface area contributed by atoms with Gasteiger partial charge in [-0.25, -0.2) is 4.90 Å². The molecule has 0 aromatic heterocycles. The molecule has 168 valence electrons. The Bertz CT molecular complexity index is 1490. The third-order valence-corrected chi connectivity index (χ3v) is 8.10. The fraction of sp³-hybridized carbons (Fsp3) is 0.129. The van der Waals surface area contributed by atoms with Crippen molar-refractivity contribution in [3.05, 3.63) is 125 Å². The van der Waals surface area contributed by atoms with E-state index in [1.54, 1.807) is 0 Å². The van der Waals surface area contributed by atoms with Crippen molar-refractivity contribution in [1.82, 2.24) is 0 Å². The molecule has 2 atom stereocenters. The van der Waals surface area contributed by atoms with Crippen LogP contribution in [0.15, 0.2) is 103 Å². The summed E-state index contributed by atoms with van der Waals surface area (Å²) in [6.45, 7) is 0. The summed E-state index contributed by atoms with van der Waals surface area (Å²) in [5.41, 5.74) is 4.76. The molecule has 2 bridgehead atoms. The molecule has 3 aliphatic carbocycles. The molecule has 0 spiro atoms. The first kappa shape index (κ1) is 20.1. The highest BCUT2D eigenvalue weighted by Crippen LogP contribution is 2.63. The average molecular weight is 456 g/mol. The van der Waals surface area contributed by atoms with Crippen LogP contribution in [0.1, 0.15) is 28.2 Å². The van der Waals surface area contributed by atoms with Gasteiger partial charge in [-0.1, -0.05) is 97.1 Å². The topological polar surface area (TPSA) is 54.5 Å². The molecule has 0 saturated carbocycles. The lowest BCUT2D eigenvalue weighted by Crippen LogP contribution is -2.54. The Kier molecular flexibility index (Phi) is 4.07. The number of aldehydes is 1. The van der Waals surface area contributed by atoms with Gasteiger partial charge in [0, 0.05) is 11.5 Å². The number of benzene rings is 4. The lowest BCUT2D eigenvalue weighted by atomic mass is 9.48. The van der Waals surface area contributed by atoms with Crippen LogP contribution in [-0.2, 0) is 19.8 Å². The van der Waals surface area contributed by atoms with E-state index in [0.717, 1.165) is 39.7 Å². The minimum Gasteiger partial charge on any atom is -0.302 e. The van der Waals surface area contributed by atoms with E-state index in [-0.39, 0.29) is 17.7 Å². The number of nitrogens with zero attached hydrogens (tertiary/aromatic N) is 1. The summed E-state index contributed by atoms with van der Waals surface area (Å²) >= 11 is 0. The maximum absolute atomic E-state index is 14.3. The van der Waals surface area contributed by atoms with Gasteiger partial charge in [0.15, 0.2) is 0 Å². The maximum atomic E-state index is 14.3. The van der Waals surface area contributed by atoms with Crippen molar-refractivity contribution >= 4 is 23.8 Å². The van der Waals surface area contributed by atoms with Crippen LogP contribution in [-0.4, -0.2) is 18.1 Å². The maximum Gasteiger partial charge on any atom is 0.239 e. The first-order valence-electron chi connectivity index (χ1n) is 11.9. The second kappa shape index (κ2) is 7.09. The SMILES string of the molecule is O=CC12c3ccccc3C(c3ccccc31)[C@@H]1C(=O)N(c3ccccc3-c3ccccc3)C(=O)[C@H]12. The molecular formula is C31H21NO3. The van der Waals surface area contributed by atoms with Crippen molar-refractivity contribution in [3.8, 4) is 11.1 Å². The van der Waals surface area contributed by atoms with Crippen molar-refractivity contribution < 1.29 is 14.4 Å². The highest BCUT2D eigenvalue weighted by molar-refractivity contribution is 6.26. The molecule has 4 aliphatic rings. The first-order chi connectivity index (χ1) is 17.2. The number of rotatable bonds is 3. The third kappa shape index (κ3) is 2.39. The van der Waals surface area contributed by atoms with Crippen LogP contribution in [0.25, 0.3) is 11.1 Å². The number of carbonyl (C=O) groups is 3. The summed E-state index contributed by atoms with van der Waals surface area (Å²) in [4.78, 5) is 42.9. The molecule has 1 saturated heterocycles. The van der Waals surface area contributed by atoms with Gasteiger partial charge in [0.25, 0.3) is 0 Å². The summed E-state index contributed by atoms with van der Waals surface area (Å²) in [7, 11) is 0. The average Bonchev–Trinajstić information content (AvgIpc) is 3.19. The van der Waals surface area contributed by atoms with E-state index in [2.05, 4.69) is 0 Å². The van der Waals surface area contributed by atoms with Gasteiger partial charge >= 0.3 is 0 Å². The van der Waals surface area contributed by atoms with Gasteiger partial charge in [-0.3, -0.25) is 9.59 Å². The second-order valence-electron chi connectivity index (χ2n) is 9.54. The van der Waals surface area contributed by atoms with E-state index in [1.807, 2.05) is 103 Å². The summed E-state index contributed by atoms with van der Waals surface area (Å²) in [5, 5.41) is 0. The standard InChI is InChI=1S/C31H21NO3/c33-18-31-23-15-7-4-13-21(23)26(22-14-5-8-16-24(22)31)27-28(31)30(35)32(29(27)34)25-17-9-6-12-20(25)19-10-2-1-3-11-19/h1-18,26-28H/t26?,27-,28-,31?/m0/s1. The Morgan fingerprint density at radius 3 is 1.89 bits per heavy atom. The third-order valence-electron chi connectivity index (χ3n) is 8.10. The number of carbonyl (C=O) groups excluding carboxylic acids is 3. The molecule has 0 unspecified atom stereocenters. The predicted molar refractivity (Wildman–Crippen MR) is 133 cm³/mol. The predicted octanol–water partition coefficient (Wildman–Crippen LogP) is 5.10. The molecule has 1 fully saturated rings. The molecule has 1 heterocycles. The fourth-order valence-corrected chi connectivity index (χ4v) is 6.80. The Morgan fingerprint density at radius 1 is 0.657 bits per heavy atom. The minimum atomic E-state index is -1.18. The van der Waals surface area contributed by atoms with Gasteiger partial charge in [-0.2, -0.15) is 0 Å². The zero-order valence-electron chi connectivity index (χ0n) is 18.8. The second-order valence-corrected chi connectivity index (χ2v) is 9.54. The van der Waals surface area contributed by atoms with Gasteiger partial charge in [-0.05, 0) is 33.9 Å². The van der Waals surface area contributed by atoms with Crippen molar-refractivity contribution in [2.45, 2.75) is 11.3 Å². The quantitative estimate of drug-likeness (QED) is 0.319. The monoisotopic (exact) mass is 455 g/mol. The van der Waals surface area contributed by atoms with Crippen LogP contribution in [0.3, 0.4) is 0 Å². The Labute approximate surface area is 202 Å². The lowest BCUT2D eigenvalue weighted by Gasteiger charge is -2.51. The molecule has 4 aromatic rings.